The first-order chi connectivity index (χ1) is 13.5. The molecule has 0 spiro atoms. The van der Waals surface area contributed by atoms with Crippen molar-refractivity contribution in [3.63, 3.8) is 0 Å². The Balaban J connectivity index is 2.14. The van der Waals surface area contributed by atoms with Crippen LogP contribution in [-0.2, 0) is 21.0 Å². The Morgan fingerprint density at radius 3 is 2.14 bits per heavy atom. The molecule has 2 amide bonds. The first-order valence-corrected chi connectivity index (χ1v) is 9.75. The number of alkyl halides is 3. The maximum Gasteiger partial charge on any atom is 0.417 e. The van der Waals surface area contributed by atoms with Crippen LogP contribution in [-0.4, -0.2) is 33.3 Å². The van der Waals surface area contributed by atoms with Crippen molar-refractivity contribution in [2.75, 3.05) is 12.4 Å². The summed E-state index contributed by atoms with van der Waals surface area (Å²) in [5.74, 6) is -1.11. The first kappa shape index (κ1) is 22.4. The van der Waals surface area contributed by atoms with Crippen molar-refractivity contribution >= 4 is 27.5 Å². The molecule has 2 aromatic carbocycles. The Morgan fingerprint density at radius 2 is 1.59 bits per heavy atom. The van der Waals surface area contributed by atoms with Crippen LogP contribution in [0.15, 0.2) is 53.4 Å². The number of nitrogens with one attached hydrogen (secondary N) is 3. The topological polar surface area (TPSA) is 104 Å². The number of rotatable bonds is 6. The van der Waals surface area contributed by atoms with Gasteiger partial charge in [0.1, 0.15) is 0 Å². The van der Waals surface area contributed by atoms with Gasteiger partial charge in [-0.2, -0.15) is 17.9 Å². The summed E-state index contributed by atoms with van der Waals surface area (Å²) >= 11 is 0. The maximum atomic E-state index is 13.1. The second-order valence-electron chi connectivity index (χ2n) is 5.98. The normalized spacial score (nSPS) is 12.9. The van der Waals surface area contributed by atoms with Crippen LogP contribution in [0.2, 0.25) is 0 Å². The van der Waals surface area contributed by atoms with Crippen molar-refractivity contribution in [2.24, 2.45) is 0 Å². The third kappa shape index (κ3) is 5.55. The van der Waals surface area contributed by atoms with E-state index in [1.165, 1.54) is 38.2 Å². The minimum absolute atomic E-state index is 0.282. The van der Waals surface area contributed by atoms with Gasteiger partial charge in [0.2, 0.25) is 15.9 Å². The van der Waals surface area contributed by atoms with Crippen LogP contribution in [0.1, 0.15) is 22.8 Å². The van der Waals surface area contributed by atoms with E-state index in [4.69, 9.17) is 0 Å². The number of carbonyl (C=O) groups is 2. The average Bonchev–Trinajstić information content (AvgIpc) is 2.67. The Morgan fingerprint density at radius 1 is 1.00 bits per heavy atom. The molecule has 0 bridgehead atoms. The molecule has 0 aliphatic carbocycles. The lowest BCUT2D eigenvalue weighted by atomic mass is 10.2. The number of benzene rings is 2. The molecular weight excluding hydrogens is 411 g/mol. The fourth-order valence-corrected chi connectivity index (χ4v) is 3.82. The second kappa shape index (κ2) is 8.62. The molecule has 2 aromatic rings. The highest BCUT2D eigenvalue weighted by Crippen LogP contribution is 2.33. The molecule has 2 rings (SSSR count). The van der Waals surface area contributed by atoms with E-state index in [9.17, 15) is 31.2 Å². The zero-order chi connectivity index (χ0) is 21.8. The molecular formula is C18H18F3N3O4S. The maximum absolute atomic E-state index is 13.1. The molecule has 0 fully saturated rings. The largest absolute Gasteiger partial charge is 0.417 e. The highest BCUT2D eigenvalue weighted by atomic mass is 32.2. The van der Waals surface area contributed by atoms with Gasteiger partial charge in [0.15, 0.2) is 0 Å². The van der Waals surface area contributed by atoms with Gasteiger partial charge in [0.25, 0.3) is 5.91 Å². The zero-order valence-corrected chi connectivity index (χ0v) is 16.2. The minimum atomic E-state index is -4.87. The summed E-state index contributed by atoms with van der Waals surface area (Å²) in [6.07, 6.45) is -4.87. The van der Waals surface area contributed by atoms with Crippen LogP contribution < -0.4 is 15.4 Å². The van der Waals surface area contributed by atoms with Gasteiger partial charge >= 0.3 is 6.18 Å². The SMILES string of the molecule is CNC(=O)c1ccc(NC(=O)[C@@H](C)NS(=O)(=O)c2ccccc2C(F)(F)F)cc1. The Labute approximate surface area is 165 Å². The van der Waals surface area contributed by atoms with E-state index in [2.05, 4.69) is 10.6 Å². The molecule has 0 aliphatic rings. The van der Waals surface area contributed by atoms with Gasteiger partial charge in [-0.25, -0.2) is 8.42 Å². The lowest BCUT2D eigenvalue weighted by Crippen LogP contribution is -2.42. The zero-order valence-electron chi connectivity index (χ0n) is 15.4. The molecule has 3 N–H and O–H groups in total. The molecule has 7 nitrogen and oxygen atoms in total. The predicted molar refractivity (Wildman–Crippen MR) is 99.7 cm³/mol. The van der Waals surface area contributed by atoms with Crippen LogP contribution in [0.4, 0.5) is 18.9 Å². The lowest BCUT2D eigenvalue weighted by Gasteiger charge is -2.17. The summed E-state index contributed by atoms with van der Waals surface area (Å²) < 4.78 is 65.9. The molecule has 11 heteroatoms. The highest BCUT2D eigenvalue weighted by molar-refractivity contribution is 7.89. The van der Waals surface area contributed by atoms with E-state index in [1.807, 2.05) is 4.72 Å². The summed E-state index contributed by atoms with van der Waals surface area (Å²) in [6, 6.07) is 8.08. The fourth-order valence-electron chi connectivity index (χ4n) is 2.38. The second-order valence-corrected chi connectivity index (χ2v) is 7.67. The number of hydrogen-bond acceptors (Lipinski definition) is 4. The number of sulfonamides is 1. The molecule has 0 heterocycles. The number of carbonyl (C=O) groups excluding carboxylic acids is 2. The third-order valence-corrected chi connectivity index (χ3v) is 5.45. The van der Waals surface area contributed by atoms with E-state index in [-0.39, 0.29) is 11.6 Å². The minimum Gasteiger partial charge on any atom is -0.355 e. The van der Waals surface area contributed by atoms with Gasteiger partial charge in [-0.1, -0.05) is 12.1 Å². The van der Waals surface area contributed by atoms with Crippen LogP contribution in [0.5, 0.6) is 0 Å². The molecule has 156 valence electrons. The van der Waals surface area contributed by atoms with E-state index in [0.29, 0.717) is 11.6 Å². The molecule has 0 unspecified atom stereocenters. The monoisotopic (exact) mass is 429 g/mol. The van der Waals surface area contributed by atoms with E-state index in [1.54, 1.807) is 0 Å². The summed E-state index contributed by atoms with van der Waals surface area (Å²) in [7, 11) is -3.15. The van der Waals surface area contributed by atoms with Gasteiger partial charge in [0.05, 0.1) is 16.5 Å². The number of amides is 2. The van der Waals surface area contributed by atoms with Gasteiger partial charge in [-0.15, -0.1) is 0 Å². The molecule has 29 heavy (non-hydrogen) atoms. The van der Waals surface area contributed by atoms with Crippen molar-refractivity contribution in [2.45, 2.75) is 24.0 Å². The Hall–Kier alpha value is -2.92. The van der Waals surface area contributed by atoms with Gasteiger partial charge < -0.3 is 10.6 Å². The summed E-state index contributed by atoms with van der Waals surface area (Å²) in [5.41, 5.74) is -0.697. The van der Waals surface area contributed by atoms with Gasteiger partial charge in [-0.3, -0.25) is 9.59 Å². The van der Waals surface area contributed by atoms with Crippen LogP contribution >= 0.6 is 0 Å². The quantitative estimate of drug-likeness (QED) is 0.656. The smallest absolute Gasteiger partial charge is 0.355 e. The lowest BCUT2D eigenvalue weighted by molar-refractivity contribution is -0.139. The van der Waals surface area contributed by atoms with E-state index < -0.39 is 38.6 Å². The predicted octanol–water partition coefficient (Wildman–Crippen LogP) is 2.37. The Bertz CT molecular complexity index is 1010. The summed E-state index contributed by atoms with van der Waals surface area (Å²) in [5, 5.41) is 4.86. The number of halogens is 3. The molecule has 0 saturated carbocycles. The Kier molecular flexibility index (Phi) is 6.65. The number of anilines is 1. The van der Waals surface area contributed by atoms with Crippen LogP contribution in [0, 0.1) is 0 Å². The van der Waals surface area contributed by atoms with Crippen LogP contribution in [0.25, 0.3) is 0 Å². The van der Waals surface area contributed by atoms with Crippen molar-refractivity contribution < 1.29 is 31.2 Å². The molecule has 0 aliphatic heterocycles. The van der Waals surface area contributed by atoms with Crippen molar-refractivity contribution in [1.29, 1.82) is 0 Å². The molecule has 1 atom stereocenters. The molecule has 0 saturated heterocycles. The first-order valence-electron chi connectivity index (χ1n) is 8.27. The number of hydrogen-bond donors (Lipinski definition) is 3. The summed E-state index contributed by atoms with van der Waals surface area (Å²) in [4.78, 5) is 22.8. The van der Waals surface area contributed by atoms with E-state index in [0.717, 1.165) is 18.2 Å². The van der Waals surface area contributed by atoms with Crippen LogP contribution in [0.3, 0.4) is 0 Å². The highest BCUT2D eigenvalue weighted by Gasteiger charge is 2.37. The molecule has 0 radical (unpaired) electrons. The van der Waals surface area contributed by atoms with Gasteiger partial charge in [-0.05, 0) is 43.3 Å². The standard InChI is InChI=1S/C18H18F3N3O4S/c1-11(16(25)23-13-9-7-12(8-10-13)17(26)22-2)24-29(27,28)15-6-4-3-5-14(15)18(19,20)21/h3-11,24H,1-2H3,(H,22,26)(H,23,25)/t11-/m1/s1. The fraction of sp³-hybridized carbons (Fsp3) is 0.222. The van der Waals surface area contributed by atoms with Crippen molar-refractivity contribution in [3.05, 3.63) is 59.7 Å². The van der Waals surface area contributed by atoms with Crippen molar-refractivity contribution in [1.82, 2.24) is 10.0 Å². The third-order valence-electron chi connectivity index (χ3n) is 3.85. The average molecular weight is 429 g/mol. The molecule has 0 aromatic heterocycles. The summed E-state index contributed by atoms with van der Waals surface area (Å²) in [6.45, 7) is 1.20. The van der Waals surface area contributed by atoms with Crippen molar-refractivity contribution in [3.8, 4) is 0 Å². The van der Waals surface area contributed by atoms with Gasteiger partial charge in [0, 0.05) is 18.3 Å². The van der Waals surface area contributed by atoms with E-state index >= 15 is 0 Å².